The first-order chi connectivity index (χ1) is 15.8. The zero-order chi connectivity index (χ0) is 23.7. The van der Waals surface area contributed by atoms with Gasteiger partial charge in [0, 0.05) is 50.6 Å². The van der Waals surface area contributed by atoms with Crippen LogP contribution < -0.4 is 5.32 Å². The van der Waals surface area contributed by atoms with E-state index >= 15 is 0 Å². The monoisotopic (exact) mass is 464 g/mol. The number of oxime groups is 1. The van der Waals surface area contributed by atoms with Gasteiger partial charge < -0.3 is 14.9 Å². The second-order valence-electron chi connectivity index (χ2n) is 7.89. The number of halogens is 3. The average Bonchev–Trinajstić information content (AvgIpc) is 2.82. The van der Waals surface area contributed by atoms with Crippen LogP contribution in [-0.4, -0.2) is 41.3 Å². The van der Waals surface area contributed by atoms with Crippen LogP contribution in [-0.2, 0) is 33.6 Å². The van der Waals surface area contributed by atoms with Gasteiger partial charge in [-0.25, -0.2) is 9.97 Å². The molecule has 33 heavy (non-hydrogen) atoms. The van der Waals surface area contributed by atoms with Crippen molar-refractivity contribution in [1.29, 1.82) is 0 Å². The van der Waals surface area contributed by atoms with Crippen molar-refractivity contribution in [2.75, 3.05) is 19.8 Å². The van der Waals surface area contributed by atoms with Gasteiger partial charge in [0.15, 0.2) is 0 Å². The zero-order valence-corrected chi connectivity index (χ0v) is 18.4. The first-order valence-electron chi connectivity index (χ1n) is 10.8. The van der Waals surface area contributed by atoms with Crippen LogP contribution in [0.3, 0.4) is 0 Å². The van der Waals surface area contributed by atoms with E-state index in [9.17, 15) is 18.0 Å². The van der Waals surface area contributed by atoms with E-state index < -0.39 is 11.7 Å². The van der Waals surface area contributed by atoms with Crippen molar-refractivity contribution >= 4 is 11.6 Å². The van der Waals surface area contributed by atoms with Gasteiger partial charge in [0.1, 0.15) is 12.4 Å². The van der Waals surface area contributed by atoms with Crippen molar-refractivity contribution in [2.24, 2.45) is 11.1 Å². The average molecular weight is 464 g/mol. The van der Waals surface area contributed by atoms with Crippen LogP contribution in [0.15, 0.2) is 41.8 Å². The second-order valence-corrected chi connectivity index (χ2v) is 7.89. The number of carbonyl (C=O) groups is 1. The minimum atomic E-state index is -4.37. The first-order valence-corrected chi connectivity index (χ1v) is 10.8. The number of nitrogens with one attached hydrogen (secondary N) is 1. The number of hydrogen-bond donors (Lipinski definition) is 1. The first kappa shape index (κ1) is 24.6. The largest absolute Gasteiger partial charge is 0.416 e. The Morgan fingerprint density at radius 3 is 2.48 bits per heavy atom. The summed E-state index contributed by atoms with van der Waals surface area (Å²) < 4.78 is 43.1. The Balaban J connectivity index is 1.41. The lowest BCUT2D eigenvalue weighted by Gasteiger charge is -2.22. The molecule has 1 aliphatic rings. The van der Waals surface area contributed by atoms with Crippen molar-refractivity contribution < 1.29 is 27.5 Å². The van der Waals surface area contributed by atoms with Gasteiger partial charge in [0.2, 0.25) is 5.91 Å². The smallest absolute Gasteiger partial charge is 0.391 e. The third-order valence-electron chi connectivity index (χ3n) is 5.34. The van der Waals surface area contributed by atoms with E-state index in [4.69, 9.17) is 9.57 Å². The number of alkyl halides is 3. The third kappa shape index (κ3) is 8.12. The number of amides is 1. The number of aromatic nitrogens is 2. The summed E-state index contributed by atoms with van der Waals surface area (Å²) in [7, 11) is 0. The van der Waals surface area contributed by atoms with E-state index in [-0.39, 0.29) is 12.5 Å². The summed E-state index contributed by atoms with van der Waals surface area (Å²) in [6.45, 7) is 3.93. The molecule has 0 saturated carbocycles. The maximum atomic E-state index is 12.6. The molecule has 1 fully saturated rings. The topological polar surface area (TPSA) is 85.7 Å². The normalized spacial score (nSPS) is 15.3. The number of carbonyl (C=O) groups excluding carboxylic acids is 1. The highest BCUT2D eigenvalue weighted by molar-refractivity contribution is 5.97. The highest BCUT2D eigenvalue weighted by Gasteiger charge is 2.29. The van der Waals surface area contributed by atoms with E-state index in [0.29, 0.717) is 48.0 Å². The Labute approximate surface area is 190 Å². The highest BCUT2D eigenvalue weighted by atomic mass is 19.4. The molecule has 1 aromatic heterocycles. The Morgan fingerprint density at radius 1 is 1.18 bits per heavy atom. The van der Waals surface area contributed by atoms with Gasteiger partial charge in [-0.15, -0.1) is 0 Å². The van der Waals surface area contributed by atoms with E-state index in [1.54, 1.807) is 19.3 Å². The van der Waals surface area contributed by atoms with Gasteiger partial charge in [-0.1, -0.05) is 17.3 Å². The molecule has 0 radical (unpaired) electrons. The summed E-state index contributed by atoms with van der Waals surface area (Å²) in [5.74, 6) is 1.00. The molecule has 0 unspecified atom stereocenters. The van der Waals surface area contributed by atoms with Crippen molar-refractivity contribution in [1.82, 2.24) is 15.3 Å². The molecule has 1 aliphatic heterocycles. The lowest BCUT2D eigenvalue weighted by atomic mass is 10.0. The van der Waals surface area contributed by atoms with E-state index in [0.717, 1.165) is 38.2 Å². The van der Waals surface area contributed by atoms with Crippen molar-refractivity contribution in [2.45, 2.75) is 45.4 Å². The SMILES string of the molecule is C/C(=N\OCc1ccc(C(F)(F)F)cc1)c1cnc(CCC(=O)NCC2CCOCC2)nc1. The quantitative estimate of drug-likeness (QED) is 0.449. The van der Waals surface area contributed by atoms with Crippen molar-refractivity contribution in [3.8, 4) is 0 Å². The number of ether oxygens (including phenoxy) is 1. The number of hydrogen-bond acceptors (Lipinski definition) is 6. The van der Waals surface area contributed by atoms with Crippen LogP contribution in [0, 0.1) is 5.92 Å². The Bertz CT molecular complexity index is 925. The van der Waals surface area contributed by atoms with Gasteiger partial charge in [0.25, 0.3) is 0 Å². The maximum Gasteiger partial charge on any atom is 0.416 e. The summed E-state index contributed by atoms with van der Waals surface area (Å²) in [5, 5.41) is 6.93. The van der Waals surface area contributed by atoms with E-state index in [2.05, 4.69) is 20.4 Å². The minimum absolute atomic E-state index is 0.0245. The van der Waals surface area contributed by atoms with Crippen molar-refractivity contribution in [3.63, 3.8) is 0 Å². The van der Waals surface area contributed by atoms with E-state index in [1.807, 2.05) is 0 Å². The van der Waals surface area contributed by atoms with Crippen LogP contribution in [0.5, 0.6) is 0 Å². The van der Waals surface area contributed by atoms with Gasteiger partial charge in [-0.05, 0) is 43.4 Å². The Hall–Kier alpha value is -3.01. The van der Waals surface area contributed by atoms with Crippen LogP contribution in [0.4, 0.5) is 13.2 Å². The molecule has 1 saturated heterocycles. The minimum Gasteiger partial charge on any atom is -0.391 e. The molecule has 2 heterocycles. The molecule has 1 amide bonds. The van der Waals surface area contributed by atoms with Crippen LogP contribution in [0.25, 0.3) is 0 Å². The number of benzene rings is 1. The second kappa shape index (κ2) is 11.7. The van der Waals surface area contributed by atoms with Crippen LogP contribution in [0.2, 0.25) is 0 Å². The molecule has 178 valence electrons. The molecule has 7 nitrogen and oxygen atoms in total. The Kier molecular flexibility index (Phi) is 8.76. The summed E-state index contributed by atoms with van der Waals surface area (Å²) in [5.41, 5.74) is 1.04. The lowest BCUT2D eigenvalue weighted by Crippen LogP contribution is -2.32. The summed E-state index contributed by atoms with van der Waals surface area (Å²) >= 11 is 0. The fraction of sp³-hybridized carbons (Fsp3) is 0.478. The number of rotatable bonds is 9. The van der Waals surface area contributed by atoms with Gasteiger partial charge in [-0.2, -0.15) is 13.2 Å². The molecule has 0 aliphatic carbocycles. The number of nitrogens with zero attached hydrogens (tertiary/aromatic N) is 3. The summed E-state index contributed by atoms with van der Waals surface area (Å²) in [6, 6.07) is 4.72. The molecular formula is C23H27F3N4O3. The standard InChI is InChI=1S/C23H27F3N4O3/c1-16(30-33-15-18-2-4-20(5-3-18)23(24,25)26)19-13-27-21(28-14-19)6-7-22(31)29-12-17-8-10-32-11-9-17/h2-5,13-14,17H,6-12,15H2,1H3,(H,29,31)/b30-16+. The Morgan fingerprint density at radius 2 is 1.85 bits per heavy atom. The zero-order valence-electron chi connectivity index (χ0n) is 18.4. The fourth-order valence-electron chi connectivity index (χ4n) is 3.24. The molecule has 2 aromatic rings. The highest BCUT2D eigenvalue weighted by Crippen LogP contribution is 2.29. The van der Waals surface area contributed by atoms with Gasteiger partial charge >= 0.3 is 6.18 Å². The molecule has 1 N–H and O–H groups in total. The predicted molar refractivity (Wildman–Crippen MR) is 115 cm³/mol. The molecule has 10 heteroatoms. The van der Waals surface area contributed by atoms with E-state index in [1.165, 1.54) is 12.1 Å². The summed E-state index contributed by atoms with van der Waals surface area (Å²) in [4.78, 5) is 25.8. The maximum absolute atomic E-state index is 12.6. The molecule has 1 aromatic carbocycles. The molecule has 0 bridgehead atoms. The predicted octanol–water partition coefficient (Wildman–Crippen LogP) is 3.91. The molecule has 3 rings (SSSR count). The van der Waals surface area contributed by atoms with Gasteiger partial charge in [-0.3, -0.25) is 4.79 Å². The van der Waals surface area contributed by atoms with Crippen LogP contribution in [0.1, 0.15) is 48.7 Å². The lowest BCUT2D eigenvalue weighted by molar-refractivity contribution is -0.137. The van der Waals surface area contributed by atoms with Crippen molar-refractivity contribution in [3.05, 3.63) is 59.2 Å². The third-order valence-corrected chi connectivity index (χ3v) is 5.34. The molecular weight excluding hydrogens is 437 g/mol. The van der Waals surface area contributed by atoms with Crippen LogP contribution >= 0.6 is 0 Å². The fourth-order valence-corrected chi connectivity index (χ4v) is 3.24. The molecule has 0 spiro atoms. The van der Waals surface area contributed by atoms with Gasteiger partial charge in [0.05, 0.1) is 11.3 Å². The molecule has 0 atom stereocenters. The summed E-state index contributed by atoms with van der Waals surface area (Å²) in [6.07, 6.45) is 1.52. The number of aryl methyl sites for hydroxylation is 1.